The number of para-hydroxylation sites is 1. The zero-order valence-corrected chi connectivity index (χ0v) is 17.5. The summed E-state index contributed by atoms with van der Waals surface area (Å²) in [5.41, 5.74) is 0.725. The number of anilines is 1. The molecule has 0 bridgehead atoms. The van der Waals surface area contributed by atoms with Gasteiger partial charge >= 0.3 is 5.97 Å². The fraction of sp³-hybridized carbons (Fsp3) is 0.100. The van der Waals surface area contributed by atoms with Gasteiger partial charge in [0.2, 0.25) is 0 Å². The number of ether oxygens (including phenoxy) is 1. The van der Waals surface area contributed by atoms with E-state index >= 15 is 0 Å². The Morgan fingerprint density at radius 1 is 1.24 bits per heavy atom. The molecule has 2 aromatic carbocycles. The number of amides is 2. The Labute approximate surface area is 180 Å². The van der Waals surface area contributed by atoms with Crippen LogP contribution in [-0.2, 0) is 14.4 Å². The van der Waals surface area contributed by atoms with Gasteiger partial charge in [-0.2, -0.15) is 0 Å². The molecule has 29 heavy (non-hydrogen) atoms. The van der Waals surface area contributed by atoms with E-state index < -0.39 is 23.9 Å². The molecular weight excluding hydrogens is 460 g/mol. The van der Waals surface area contributed by atoms with Gasteiger partial charge in [0.15, 0.2) is 11.2 Å². The molecule has 2 N–H and O–H groups in total. The van der Waals surface area contributed by atoms with E-state index in [9.17, 15) is 14.4 Å². The lowest BCUT2D eigenvalue weighted by Gasteiger charge is -2.29. The van der Waals surface area contributed by atoms with Crippen molar-refractivity contribution in [1.29, 1.82) is 0 Å². The van der Waals surface area contributed by atoms with Crippen LogP contribution in [0.1, 0.15) is 12.5 Å². The molecule has 1 aliphatic heterocycles. The second-order valence-electron chi connectivity index (χ2n) is 6.07. The highest BCUT2D eigenvalue weighted by molar-refractivity contribution is 9.10. The van der Waals surface area contributed by atoms with E-state index in [1.165, 1.54) is 17.9 Å². The van der Waals surface area contributed by atoms with Gasteiger partial charge in [-0.3, -0.25) is 19.8 Å². The van der Waals surface area contributed by atoms with Crippen LogP contribution in [-0.4, -0.2) is 34.1 Å². The minimum Gasteiger partial charge on any atom is -0.479 e. The van der Waals surface area contributed by atoms with Crippen LogP contribution in [0.4, 0.5) is 5.69 Å². The van der Waals surface area contributed by atoms with E-state index in [0.29, 0.717) is 11.3 Å². The van der Waals surface area contributed by atoms with Crippen molar-refractivity contribution >= 4 is 62.8 Å². The van der Waals surface area contributed by atoms with Gasteiger partial charge in [0.05, 0.1) is 5.69 Å². The number of aliphatic carboxylic acids is 1. The molecule has 0 spiro atoms. The third kappa shape index (κ3) is 4.52. The number of thiocarbonyl (C=S) groups is 1. The molecule has 0 aromatic heterocycles. The first-order valence-electron chi connectivity index (χ1n) is 8.43. The van der Waals surface area contributed by atoms with E-state index in [-0.39, 0.29) is 16.4 Å². The lowest BCUT2D eigenvalue weighted by atomic mass is 10.1. The zero-order valence-electron chi connectivity index (χ0n) is 15.1. The summed E-state index contributed by atoms with van der Waals surface area (Å²) in [4.78, 5) is 37.8. The second kappa shape index (κ2) is 8.54. The number of benzene rings is 2. The normalized spacial score (nSPS) is 16.6. The van der Waals surface area contributed by atoms with Crippen LogP contribution in [0, 0.1) is 0 Å². The first-order valence-corrected chi connectivity index (χ1v) is 9.63. The number of carboxylic acids is 1. The highest BCUT2D eigenvalue weighted by Crippen LogP contribution is 2.27. The topological polar surface area (TPSA) is 95.9 Å². The average Bonchev–Trinajstić information content (AvgIpc) is 2.66. The minimum atomic E-state index is -1.13. The molecule has 1 saturated heterocycles. The maximum absolute atomic E-state index is 13.1. The van der Waals surface area contributed by atoms with Crippen molar-refractivity contribution in [2.24, 2.45) is 0 Å². The van der Waals surface area contributed by atoms with Crippen LogP contribution in [0.3, 0.4) is 0 Å². The number of carboxylic acid groups (broad SMARTS) is 1. The minimum absolute atomic E-state index is 0.0284. The fourth-order valence-electron chi connectivity index (χ4n) is 2.61. The standard InChI is InChI=1S/C20H15BrN2O5S/c1-11(19(26)27)28-16-8-3-2-5-12(16)9-15-17(24)22-20(29)23(18(15)25)14-7-4-6-13(21)10-14/h2-11H,1H3,(H,26,27)(H,22,24,29)/b15-9+/t11-/m0/s1. The Bertz CT molecular complexity index is 1050. The molecule has 148 valence electrons. The average molecular weight is 475 g/mol. The van der Waals surface area contributed by atoms with Gasteiger partial charge < -0.3 is 9.84 Å². The Morgan fingerprint density at radius 2 is 1.97 bits per heavy atom. The van der Waals surface area contributed by atoms with Crippen molar-refractivity contribution in [2.45, 2.75) is 13.0 Å². The van der Waals surface area contributed by atoms with Gasteiger partial charge in [-0.1, -0.05) is 40.2 Å². The highest BCUT2D eigenvalue weighted by atomic mass is 79.9. The third-order valence-electron chi connectivity index (χ3n) is 4.04. The number of carbonyl (C=O) groups is 3. The molecule has 3 rings (SSSR count). The molecule has 1 aliphatic rings. The molecule has 1 atom stereocenters. The molecule has 2 amide bonds. The molecular formula is C20H15BrN2O5S. The summed E-state index contributed by atoms with van der Waals surface area (Å²) < 4.78 is 6.18. The molecule has 9 heteroatoms. The van der Waals surface area contributed by atoms with Crippen LogP contribution < -0.4 is 15.0 Å². The predicted molar refractivity (Wildman–Crippen MR) is 115 cm³/mol. The lowest BCUT2D eigenvalue weighted by molar-refractivity contribution is -0.144. The Balaban J connectivity index is 2.01. The summed E-state index contributed by atoms with van der Waals surface area (Å²) in [6, 6.07) is 13.5. The second-order valence-corrected chi connectivity index (χ2v) is 7.38. The van der Waals surface area contributed by atoms with E-state index in [4.69, 9.17) is 22.1 Å². The smallest absolute Gasteiger partial charge is 0.344 e. The van der Waals surface area contributed by atoms with Gasteiger partial charge in [-0.25, -0.2) is 4.79 Å². The van der Waals surface area contributed by atoms with Crippen molar-refractivity contribution in [3.05, 3.63) is 64.1 Å². The van der Waals surface area contributed by atoms with Gasteiger partial charge in [-0.05, 0) is 49.5 Å². The number of rotatable bonds is 5. The first kappa shape index (κ1) is 20.7. The van der Waals surface area contributed by atoms with Gasteiger partial charge in [0.1, 0.15) is 11.3 Å². The van der Waals surface area contributed by atoms with E-state index in [2.05, 4.69) is 21.2 Å². The number of hydrogen-bond acceptors (Lipinski definition) is 5. The molecule has 1 heterocycles. The molecule has 0 radical (unpaired) electrons. The first-order chi connectivity index (χ1) is 13.8. The number of halogens is 1. The number of carbonyl (C=O) groups excluding carboxylic acids is 2. The van der Waals surface area contributed by atoms with Crippen molar-refractivity contribution in [3.63, 3.8) is 0 Å². The quantitative estimate of drug-likeness (QED) is 0.392. The Morgan fingerprint density at radius 3 is 2.66 bits per heavy atom. The van der Waals surface area contributed by atoms with Crippen molar-refractivity contribution in [2.75, 3.05) is 4.90 Å². The molecule has 1 fully saturated rings. The number of hydrogen-bond donors (Lipinski definition) is 2. The summed E-state index contributed by atoms with van der Waals surface area (Å²) in [6.07, 6.45) is 0.255. The van der Waals surface area contributed by atoms with E-state index in [1.807, 2.05) is 0 Å². The third-order valence-corrected chi connectivity index (χ3v) is 4.82. The Hall–Kier alpha value is -3.04. The van der Waals surface area contributed by atoms with Crippen molar-refractivity contribution in [3.8, 4) is 5.75 Å². The fourth-order valence-corrected chi connectivity index (χ4v) is 3.28. The summed E-state index contributed by atoms with van der Waals surface area (Å²) in [7, 11) is 0. The summed E-state index contributed by atoms with van der Waals surface area (Å²) in [6.45, 7) is 1.39. The summed E-state index contributed by atoms with van der Waals surface area (Å²) in [5.74, 6) is -2.15. The van der Waals surface area contributed by atoms with Crippen molar-refractivity contribution in [1.82, 2.24) is 5.32 Å². The summed E-state index contributed by atoms with van der Waals surface area (Å²) >= 11 is 8.52. The Kier molecular flexibility index (Phi) is 6.09. The van der Waals surface area contributed by atoms with Crippen LogP contribution in [0.2, 0.25) is 0 Å². The van der Waals surface area contributed by atoms with Gasteiger partial charge in [0.25, 0.3) is 11.8 Å². The van der Waals surface area contributed by atoms with Gasteiger partial charge in [-0.15, -0.1) is 0 Å². The number of nitrogens with one attached hydrogen (secondary N) is 1. The maximum atomic E-state index is 13.1. The maximum Gasteiger partial charge on any atom is 0.344 e. The highest BCUT2D eigenvalue weighted by Gasteiger charge is 2.34. The molecule has 0 aliphatic carbocycles. The largest absolute Gasteiger partial charge is 0.479 e. The predicted octanol–water partition coefficient (Wildman–Crippen LogP) is 3.13. The SMILES string of the molecule is C[C@H](Oc1ccccc1/C=C1\C(=O)NC(=S)N(c2cccc(Br)c2)C1=O)C(=O)O. The monoisotopic (exact) mass is 474 g/mol. The molecule has 0 unspecified atom stereocenters. The van der Waals surface area contributed by atoms with E-state index in [1.54, 1.807) is 48.5 Å². The molecule has 0 saturated carbocycles. The zero-order chi connectivity index (χ0) is 21.1. The lowest BCUT2D eigenvalue weighted by Crippen LogP contribution is -2.54. The molecule has 2 aromatic rings. The number of nitrogens with zero attached hydrogens (tertiary/aromatic N) is 1. The van der Waals surface area contributed by atoms with E-state index in [0.717, 1.165) is 4.47 Å². The van der Waals surface area contributed by atoms with Gasteiger partial charge in [0, 0.05) is 10.0 Å². The van der Waals surface area contributed by atoms with Crippen LogP contribution in [0.15, 0.2) is 58.6 Å². The van der Waals surface area contributed by atoms with Crippen LogP contribution in [0.5, 0.6) is 5.75 Å². The van der Waals surface area contributed by atoms with Crippen LogP contribution >= 0.6 is 28.1 Å². The van der Waals surface area contributed by atoms with Crippen LogP contribution in [0.25, 0.3) is 6.08 Å². The molecule has 7 nitrogen and oxygen atoms in total. The summed E-state index contributed by atoms with van der Waals surface area (Å²) in [5, 5.41) is 11.5. The van der Waals surface area contributed by atoms with Crippen molar-refractivity contribution < 1.29 is 24.2 Å².